The van der Waals surface area contributed by atoms with Gasteiger partial charge in [0, 0.05) is 18.1 Å². The van der Waals surface area contributed by atoms with Crippen LogP contribution in [0.25, 0.3) is 0 Å². The highest BCUT2D eigenvalue weighted by atomic mass is 16.2. The first-order chi connectivity index (χ1) is 7.00. The zero-order chi connectivity index (χ0) is 11.4. The smallest absolute Gasteiger partial charge is 0.234 e. The lowest BCUT2D eigenvalue weighted by Gasteiger charge is -2.27. The topological polar surface area (TPSA) is 58.4 Å². The van der Waals surface area contributed by atoms with E-state index in [9.17, 15) is 4.79 Å². The van der Waals surface area contributed by atoms with Crippen LogP contribution in [0, 0.1) is 0 Å². The number of likely N-dealkylation sites (N-methyl/N-ethyl adjacent to an activating group) is 1. The van der Waals surface area contributed by atoms with Crippen molar-refractivity contribution in [1.82, 2.24) is 10.2 Å². The van der Waals surface area contributed by atoms with Crippen molar-refractivity contribution < 1.29 is 4.79 Å². The molecule has 1 fully saturated rings. The quantitative estimate of drug-likeness (QED) is 0.707. The molecule has 0 aromatic carbocycles. The van der Waals surface area contributed by atoms with Gasteiger partial charge in [-0.05, 0) is 33.7 Å². The molecule has 1 aliphatic carbocycles. The number of carbonyl (C=O) groups is 1. The van der Waals surface area contributed by atoms with Crippen molar-refractivity contribution in [2.24, 2.45) is 5.73 Å². The first-order valence-electron chi connectivity index (χ1n) is 5.76. The molecule has 3 N–H and O–H groups in total. The fourth-order valence-corrected chi connectivity index (χ4v) is 2.23. The van der Waals surface area contributed by atoms with Crippen LogP contribution in [-0.4, -0.2) is 42.5 Å². The van der Waals surface area contributed by atoms with E-state index >= 15 is 0 Å². The first-order valence-corrected chi connectivity index (χ1v) is 5.76. The Bertz CT molecular complexity index is 218. The molecule has 0 spiro atoms. The van der Waals surface area contributed by atoms with E-state index in [-0.39, 0.29) is 18.0 Å². The summed E-state index contributed by atoms with van der Waals surface area (Å²) in [5.41, 5.74) is 5.98. The van der Waals surface area contributed by atoms with Gasteiger partial charge >= 0.3 is 0 Å². The zero-order valence-corrected chi connectivity index (χ0v) is 9.99. The number of nitrogens with one attached hydrogen (secondary N) is 1. The highest BCUT2D eigenvalue weighted by Crippen LogP contribution is 2.21. The summed E-state index contributed by atoms with van der Waals surface area (Å²) in [7, 11) is 1.98. The van der Waals surface area contributed by atoms with Gasteiger partial charge in [-0.2, -0.15) is 0 Å². The summed E-state index contributed by atoms with van der Waals surface area (Å²) >= 11 is 0. The van der Waals surface area contributed by atoms with Crippen LogP contribution in [0.2, 0.25) is 0 Å². The van der Waals surface area contributed by atoms with Gasteiger partial charge in [0.15, 0.2) is 0 Å². The Morgan fingerprint density at radius 3 is 2.67 bits per heavy atom. The van der Waals surface area contributed by atoms with Crippen molar-refractivity contribution in [3.05, 3.63) is 0 Å². The summed E-state index contributed by atoms with van der Waals surface area (Å²) < 4.78 is 0. The highest BCUT2D eigenvalue weighted by molar-refractivity contribution is 5.78. The Balaban J connectivity index is 2.34. The maximum atomic E-state index is 11.5. The van der Waals surface area contributed by atoms with Crippen LogP contribution in [0.5, 0.6) is 0 Å². The number of hydrogen-bond donors (Lipinski definition) is 2. The average molecular weight is 213 g/mol. The Kier molecular flexibility index (Phi) is 4.54. The van der Waals surface area contributed by atoms with Crippen LogP contribution in [0.15, 0.2) is 0 Å². The summed E-state index contributed by atoms with van der Waals surface area (Å²) in [4.78, 5) is 13.6. The minimum atomic E-state index is 0.0894. The lowest BCUT2D eigenvalue weighted by Crippen LogP contribution is -2.47. The molecule has 88 valence electrons. The summed E-state index contributed by atoms with van der Waals surface area (Å²) in [6, 6.07) is 0.827. The van der Waals surface area contributed by atoms with Gasteiger partial charge in [0.2, 0.25) is 5.91 Å². The van der Waals surface area contributed by atoms with Crippen LogP contribution in [0.4, 0.5) is 0 Å². The van der Waals surface area contributed by atoms with Crippen molar-refractivity contribution >= 4 is 5.91 Å². The highest BCUT2D eigenvalue weighted by Gasteiger charge is 2.28. The Hall–Kier alpha value is -0.610. The standard InChI is InChI=1S/C11H23N3O/c1-8(2)13-11(15)7-14(3)10-6-4-5-9(10)12/h8-10H,4-7,12H2,1-3H3,(H,13,15). The van der Waals surface area contributed by atoms with Gasteiger partial charge in [0.25, 0.3) is 0 Å². The van der Waals surface area contributed by atoms with Crippen molar-refractivity contribution in [2.45, 2.75) is 51.2 Å². The molecule has 0 bridgehead atoms. The molecule has 0 aromatic heterocycles. The van der Waals surface area contributed by atoms with Crippen LogP contribution in [-0.2, 0) is 4.79 Å². The average Bonchev–Trinajstić information content (AvgIpc) is 2.49. The minimum absolute atomic E-state index is 0.0894. The van der Waals surface area contributed by atoms with Crippen molar-refractivity contribution in [3.8, 4) is 0 Å². The Morgan fingerprint density at radius 1 is 1.53 bits per heavy atom. The Morgan fingerprint density at radius 2 is 2.20 bits per heavy atom. The van der Waals surface area contributed by atoms with Crippen molar-refractivity contribution in [1.29, 1.82) is 0 Å². The normalized spacial score (nSPS) is 26.3. The molecule has 1 aliphatic rings. The van der Waals surface area contributed by atoms with E-state index in [0.717, 1.165) is 12.8 Å². The largest absolute Gasteiger partial charge is 0.353 e. The molecule has 1 amide bonds. The maximum absolute atomic E-state index is 11.5. The number of nitrogens with zero attached hydrogens (tertiary/aromatic N) is 1. The maximum Gasteiger partial charge on any atom is 0.234 e. The molecule has 2 atom stereocenters. The van der Waals surface area contributed by atoms with E-state index in [1.54, 1.807) is 0 Å². The molecule has 0 aliphatic heterocycles. The van der Waals surface area contributed by atoms with E-state index in [2.05, 4.69) is 10.2 Å². The van der Waals surface area contributed by atoms with E-state index in [1.807, 2.05) is 20.9 Å². The van der Waals surface area contributed by atoms with E-state index < -0.39 is 0 Å². The lowest BCUT2D eigenvalue weighted by molar-refractivity contribution is -0.122. The van der Waals surface area contributed by atoms with E-state index in [0.29, 0.717) is 12.6 Å². The van der Waals surface area contributed by atoms with Gasteiger partial charge in [-0.25, -0.2) is 0 Å². The van der Waals surface area contributed by atoms with Gasteiger partial charge < -0.3 is 11.1 Å². The van der Waals surface area contributed by atoms with Crippen LogP contribution < -0.4 is 11.1 Å². The van der Waals surface area contributed by atoms with Gasteiger partial charge in [0.05, 0.1) is 6.54 Å². The van der Waals surface area contributed by atoms with Gasteiger partial charge in [-0.15, -0.1) is 0 Å². The molecule has 0 aromatic rings. The van der Waals surface area contributed by atoms with Crippen LogP contribution in [0.1, 0.15) is 33.1 Å². The molecule has 4 heteroatoms. The molecule has 1 rings (SSSR count). The van der Waals surface area contributed by atoms with Crippen molar-refractivity contribution in [3.63, 3.8) is 0 Å². The third-order valence-electron chi connectivity index (χ3n) is 2.94. The number of carbonyl (C=O) groups excluding carboxylic acids is 1. The number of amides is 1. The number of nitrogens with two attached hydrogens (primary N) is 1. The molecule has 2 unspecified atom stereocenters. The molecule has 0 saturated heterocycles. The predicted molar refractivity (Wildman–Crippen MR) is 61.5 cm³/mol. The Labute approximate surface area is 92.2 Å². The third-order valence-corrected chi connectivity index (χ3v) is 2.94. The number of rotatable bonds is 4. The van der Waals surface area contributed by atoms with Gasteiger partial charge in [-0.1, -0.05) is 6.42 Å². The van der Waals surface area contributed by atoms with E-state index in [4.69, 9.17) is 5.73 Å². The van der Waals surface area contributed by atoms with Crippen molar-refractivity contribution in [2.75, 3.05) is 13.6 Å². The van der Waals surface area contributed by atoms with Crippen LogP contribution in [0.3, 0.4) is 0 Å². The SMILES string of the molecule is CC(C)NC(=O)CN(C)C1CCCC1N. The molecule has 15 heavy (non-hydrogen) atoms. The van der Waals surface area contributed by atoms with Crippen LogP contribution >= 0.6 is 0 Å². The minimum Gasteiger partial charge on any atom is -0.353 e. The second-order valence-electron chi connectivity index (χ2n) is 4.80. The molecule has 4 nitrogen and oxygen atoms in total. The fraction of sp³-hybridized carbons (Fsp3) is 0.909. The predicted octanol–water partition coefficient (Wildman–Crippen LogP) is 0.323. The molecule has 0 heterocycles. The number of hydrogen-bond acceptors (Lipinski definition) is 3. The summed E-state index contributed by atoms with van der Waals surface area (Å²) in [5, 5.41) is 2.89. The lowest BCUT2D eigenvalue weighted by atomic mass is 10.1. The second-order valence-corrected chi connectivity index (χ2v) is 4.80. The summed E-state index contributed by atoms with van der Waals surface area (Å²) in [6.07, 6.45) is 3.38. The summed E-state index contributed by atoms with van der Waals surface area (Å²) in [6.45, 7) is 4.40. The zero-order valence-electron chi connectivity index (χ0n) is 9.99. The molecular formula is C11H23N3O. The van der Waals surface area contributed by atoms with Gasteiger partial charge in [-0.3, -0.25) is 9.69 Å². The fourth-order valence-electron chi connectivity index (χ4n) is 2.23. The molecule has 1 saturated carbocycles. The van der Waals surface area contributed by atoms with Gasteiger partial charge in [0.1, 0.15) is 0 Å². The second kappa shape index (κ2) is 5.47. The molecular weight excluding hydrogens is 190 g/mol. The van der Waals surface area contributed by atoms with E-state index in [1.165, 1.54) is 6.42 Å². The molecule has 0 radical (unpaired) electrons. The third kappa shape index (κ3) is 3.80. The summed E-state index contributed by atoms with van der Waals surface area (Å²) in [5.74, 6) is 0.0894. The monoisotopic (exact) mass is 213 g/mol. The first kappa shape index (κ1) is 12.5.